The van der Waals surface area contributed by atoms with Crippen molar-refractivity contribution in [3.8, 4) is 11.5 Å². The van der Waals surface area contributed by atoms with E-state index in [4.69, 9.17) is 9.47 Å². The van der Waals surface area contributed by atoms with Gasteiger partial charge in [0, 0.05) is 17.1 Å². The Labute approximate surface area is 215 Å². The van der Waals surface area contributed by atoms with Crippen molar-refractivity contribution in [3.63, 3.8) is 0 Å². The smallest absolute Gasteiger partial charge is 0.257 e. The van der Waals surface area contributed by atoms with Crippen LogP contribution < -0.4 is 25.4 Å². The first-order valence-corrected chi connectivity index (χ1v) is 14.6. The minimum atomic E-state index is -0.752. The third-order valence-electron chi connectivity index (χ3n) is 8.34. The maximum atomic E-state index is 7.29. The average molecular weight is 491 g/mol. The number of para-hydroxylation sites is 2. The van der Waals surface area contributed by atoms with Crippen LogP contribution >= 0.6 is 7.92 Å². The first kappa shape index (κ1) is 22.1. The molecule has 2 nitrogen and oxygen atoms in total. The second-order valence-electron chi connectivity index (χ2n) is 10.5. The molecule has 1 fully saturated rings. The number of fused-ring (bicyclic) bond motifs is 2. The van der Waals surface area contributed by atoms with Crippen LogP contribution in [0.3, 0.4) is 0 Å². The second kappa shape index (κ2) is 8.79. The standard InChI is InChI=1S/C33H31O2P/c1-23-11-8-12-24-21-26-14-10-15-27-22-25-13-9-20-30(32(25)35-33(26,27)34-31(23)24)36(28-16-4-2-5-17-28)29-18-6-3-7-19-29/h2-9,11-13,16-20,26-27H,10,14-15,21-22H2,1H3/t26-,27-,33-/m0/s1. The van der Waals surface area contributed by atoms with E-state index in [9.17, 15) is 0 Å². The fourth-order valence-corrected chi connectivity index (χ4v) is 9.09. The lowest BCUT2D eigenvalue weighted by Crippen LogP contribution is -2.62. The van der Waals surface area contributed by atoms with E-state index in [0.29, 0.717) is 11.8 Å². The predicted molar refractivity (Wildman–Crippen MR) is 149 cm³/mol. The Morgan fingerprint density at radius 2 is 1.19 bits per heavy atom. The zero-order chi connectivity index (χ0) is 24.1. The van der Waals surface area contributed by atoms with Gasteiger partial charge in [-0.3, -0.25) is 0 Å². The van der Waals surface area contributed by atoms with Gasteiger partial charge in [0.05, 0.1) is 0 Å². The molecule has 0 N–H and O–H groups in total. The van der Waals surface area contributed by atoms with Crippen molar-refractivity contribution in [2.75, 3.05) is 0 Å². The number of ether oxygens (including phenoxy) is 2. The lowest BCUT2D eigenvalue weighted by Gasteiger charge is -2.54. The molecule has 3 aliphatic rings. The van der Waals surface area contributed by atoms with Gasteiger partial charge in [0.2, 0.25) is 0 Å². The zero-order valence-corrected chi connectivity index (χ0v) is 21.6. The van der Waals surface area contributed by atoms with E-state index in [1.54, 1.807) is 0 Å². The highest BCUT2D eigenvalue weighted by Gasteiger charge is 2.57. The number of rotatable bonds is 3. The van der Waals surface area contributed by atoms with Crippen molar-refractivity contribution in [2.45, 2.75) is 44.8 Å². The van der Waals surface area contributed by atoms with Gasteiger partial charge in [0.25, 0.3) is 5.79 Å². The summed E-state index contributed by atoms with van der Waals surface area (Å²) in [5.41, 5.74) is 3.88. The van der Waals surface area contributed by atoms with E-state index in [1.165, 1.54) is 39.0 Å². The highest BCUT2D eigenvalue weighted by molar-refractivity contribution is 7.80. The summed E-state index contributed by atoms with van der Waals surface area (Å²) in [6.07, 6.45) is 5.63. The SMILES string of the molecule is Cc1cccc2c1O[C@@]13Oc4c(cccc4P(c4ccccc4)c4ccccc4)C[C@@H]1CCC[C@H]3C2. The van der Waals surface area contributed by atoms with E-state index in [1.807, 2.05) is 0 Å². The van der Waals surface area contributed by atoms with Crippen molar-refractivity contribution < 1.29 is 9.47 Å². The van der Waals surface area contributed by atoms with E-state index in [2.05, 4.69) is 104 Å². The third-order valence-corrected chi connectivity index (χ3v) is 10.8. The van der Waals surface area contributed by atoms with E-state index in [0.717, 1.165) is 37.2 Å². The summed E-state index contributed by atoms with van der Waals surface area (Å²) in [4.78, 5) is 0. The molecule has 36 heavy (non-hydrogen) atoms. The van der Waals surface area contributed by atoms with Crippen LogP contribution in [0.2, 0.25) is 0 Å². The van der Waals surface area contributed by atoms with Gasteiger partial charge in [0.15, 0.2) is 0 Å². The Morgan fingerprint density at radius 3 is 1.83 bits per heavy atom. The predicted octanol–water partition coefficient (Wildman–Crippen LogP) is 6.44. The van der Waals surface area contributed by atoms with Gasteiger partial charge >= 0.3 is 0 Å². The Bertz CT molecular complexity index is 1360. The number of hydrogen-bond acceptors (Lipinski definition) is 2. The largest absolute Gasteiger partial charge is 0.451 e. The molecule has 1 spiro atoms. The lowest BCUT2D eigenvalue weighted by molar-refractivity contribution is -0.225. The molecule has 2 heterocycles. The highest BCUT2D eigenvalue weighted by atomic mass is 31.1. The maximum Gasteiger partial charge on any atom is 0.257 e. The van der Waals surface area contributed by atoms with E-state index >= 15 is 0 Å². The number of benzene rings is 4. The van der Waals surface area contributed by atoms with Gasteiger partial charge in [0.1, 0.15) is 11.5 Å². The molecule has 0 radical (unpaired) electrons. The van der Waals surface area contributed by atoms with Gasteiger partial charge in [-0.25, -0.2) is 0 Å². The molecule has 7 rings (SSSR count). The summed E-state index contributed by atoms with van der Waals surface area (Å²) in [6, 6.07) is 35.3. The monoisotopic (exact) mass is 490 g/mol. The van der Waals surface area contributed by atoms with Crippen LogP contribution in [0.4, 0.5) is 0 Å². The molecule has 3 atom stereocenters. The summed E-state index contributed by atoms with van der Waals surface area (Å²) in [7, 11) is -0.752. The summed E-state index contributed by atoms with van der Waals surface area (Å²) in [5, 5.41) is 4.00. The molecule has 0 unspecified atom stereocenters. The first-order chi connectivity index (χ1) is 17.7. The van der Waals surface area contributed by atoms with Crippen LogP contribution in [0.25, 0.3) is 0 Å². The van der Waals surface area contributed by atoms with Crippen LogP contribution in [0.5, 0.6) is 11.5 Å². The Hall–Kier alpha value is -3.09. The van der Waals surface area contributed by atoms with Crippen molar-refractivity contribution in [1.82, 2.24) is 0 Å². The van der Waals surface area contributed by atoms with Crippen molar-refractivity contribution in [2.24, 2.45) is 11.8 Å². The number of hydrogen-bond donors (Lipinski definition) is 0. The molecular weight excluding hydrogens is 459 g/mol. The molecular formula is C33H31O2P. The van der Waals surface area contributed by atoms with Gasteiger partial charge in [-0.05, 0) is 67.8 Å². The van der Waals surface area contributed by atoms with Crippen LogP contribution in [-0.2, 0) is 12.8 Å². The molecule has 4 aromatic rings. The first-order valence-electron chi connectivity index (χ1n) is 13.2. The van der Waals surface area contributed by atoms with Crippen molar-refractivity contribution >= 4 is 23.8 Å². The molecule has 0 amide bonds. The molecule has 1 saturated carbocycles. The fraction of sp³-hybridized carbons (Fsp3) is 0.273. The average Bonchev–Trinajstić information content (AvgIpc) is 2.92. The van der Waals surface area contributed by atoms with Crippen LogP contribution in [0.1, 0.15) is 36.0 Å². The highest BCUT2D eigenvalue weighted by Crippen LogP contribution is 2.54. The molecule has 3 heteroatoms. The van der Waals surface area contributed by atoms with Gasteiger partial charge < -0.3 is 9.47 Å². The van der Waals surface area contributed by atoms with Gasteiger partial charge in [-0.2, -0.15) is 0 Å². The van der Waals surface area contributed by atoms with Crippen LogP contribution in [0.15, 0.2) is 97.1 Å². The molecule has 1 aliphatic carbocycles. The zero-order valence-electron chi connectivity index (χ0n) is 20.7. The molecule has 0 aromatic heterocycles. The Morgan fingerprint density at radius 1 is 0.639 bits per heavy atom. The summed E-state index contributed by atoms with van der Waals surface area (Å²) >= 11 is 0. The van der Waals surface area contributed by atoms with E-state index < -0.39 is 13.7 Å². The minimum Gasteiger partial charge on any atom is -0.451 e. The Kier molecular flexibility index (Phi) is 5.40. The van der Waals surface area contributed by atoms with Crippen molar-refractivity contribution in [3.05, 3.63) is 114 Å². The quantitative estimate of drug-likeness (QED) is 0.308. The Balaban J connectivity index is 1.39. The fourth-order valence-electron chi connectivity index (χ4n) is 6.67. The van der Waals surface area contributed by atoms with E-state index in [-0.39, 0.29) is 0 Å². The van der Waals surface area contributed by atoms with Gasteiger partial charge in [-0.15, -0.1) is 0 Å². The molecule has 4 aromatic carbocycles. The summed E-state index contributed by atoms with van der Waals surface area (Å²) in [6.45, 7) is 2.17. The molecule has 0 saturated heterocycles. The molecule has 180 valence electrons. The summed E-state index contributed by atoms with van der Waals surface area (Å²) in [5.74, 6) is 2.30. The van der Waals surface area contributed by atoms with Crippen molar-refractivity contribution in [1.29, 1.82) is 0 Å². The normalized spacial score (nSPS) is 23.9. The molecule has 2 aliphatic heterocycles. The second-order valence-corrected chi connectivity index (χ2v) is 12.7. The topological polar surface area (TPSA) is 18.5 Å². The lowest BCUT2D eigenvalue weighted by atomic mass is 9.68. The van der Waals surface area contributed by atoms with Gasteiger partial charge in [-0.1, -0.05) is 103 Å². The molecule has 0 bridgehead atoms. The van der Waals surface area contributed by atoms with Crippen LogP contribution in [-0.4, -0.2) is 5.79 Å². The number of aryl methyl sites for hydroxylation is 1. The third kappa shape index (κ3) is 3.50. The van der Waals surface area contributed by atoms with Crippen LogP contribution in [0, 0.1) is 18.8 Å². The summed E-state index contributed by atoms with van der Waals surface area (Å²) < 4.78 is 14.3. The maximum absolute atomic E-state index is 7.29. The minimum absolute atomic E-state index is 0.381.